The molecule has 2 aromatic rings. The third-order valence-electron chi connectivity index (χ3n) is 4.31. The van der Waals surface area contributed by atoms with Crippen molar-refractivity contribution in [3.05, 3.63) is 59.7 Å². The minimum absolute atomic E-state index is 0.0183. The van der Waals surface area contributed by atoms with E-state index in [9.17, 15) is 4.79 Å². The van der Waals surface area contributed by atoms with Crippen LogP contribution in [0.3, 0.4) is 0 Å². The highest BCUT2D eigenvalue weighted by molar-refractivity contribution is 5.86. The lowest BCUT2D eigenvalue weighted by molar-refractivity contribution is -0.122. The van der Waals surface area contributed by atoms with Gasteiger partial charge in [-0.1, -0.05) is 30.3 Å². The highest BCUT2D eigenvalue weighted by Crippen LogP contribution is 2.47. The summed E-state index contributed by atoms with van der Waals surface area (Å²) in [5.41, 5.74) is 4.70. The van der Waals surface area contributed by atoms with Crippen LogP contribution in [0.1, 0.15) is 23.5 Å². The van der Waals surface area contributed by atoms with Gasteiger partial charge < -0.3 is 9.47 Å². The summed E-state index contributed by atoms with van der Waals surface area (Å²) in [7, 11) is 0. The van der Waals surface area contributed by atoms with Crippen LogP contribution < -0.4 is 14.9 Å². The van der Waals surface area contributed by atoms with Gasteiger partial charge in [0, 0.05) is 5.92 Å². The van der Waals surface area contributed by atoms with Gasteiger partial charge in [0.25, 0.3) is 0 Å². The molecule has 24 heavy (non-hydrogen) atoms. The summed E-state index contributed by atoms with van der Waals surface area (Å²) in [6.45, 7) is 1.12. The van der Waals surface area contributed by atoms with Crippen molar-refractivity contribution in [2.45, 2.75) is 12.3 Å². The Morgan fingerprint density at radius 3 is 2.71 bits per heavy atom. The highest BCUT2D eigenvalue weighted by atomic mass is 16.6. The fourth-order valence-electron chi connectivity index (χ4n) is 2.95. The third kappa shape index (κ3) is 3.11. The quantitative estimate of drug-likeness (QED) is 0.695. The second-order valence-electron chi connectivity index (χ2n) is 6.00. The Kier molecular flexibility index (Phi) is 3.91. The van der Waals surface area contributed by atoms with Gasteiger partial charge in [0.1, 0.15) is 13.2 Å². The summed E-state index contributed by atoms with van der Waals surface area (Å²) < 4.78 is 11.0. The van der Waals surface area contributed by atoms with Crippen LogP contribution in [0.2, 0.25) is 0 Å². The Balaban J connectivity index is 1.34. The van der Waals surface area contributed by atoms with E-state index < -0.39 is 0 Å². The Labute approximate surface area is 140 Å². The molecule has 0 aromatic heterocycles. The van der Waals surface area contributed by atoms with Crippen LogP contribution >= 0.6 is 0 Å². The molecule has 5 nitrogen and oxygen atoms in total. The molecule has 1 saturated carbocycles. The molecule has 2 aliphatic rings. The molecule has 0 saturated heterocycles. The average Bonchev–Trinajstić information content (AvgIpc) is 3.43. The largest absolute Gasteiger partial charge is 0.486 e. The van der Waals surface area contributed by atoms with E-state index in [-0.39, 0.29) is 11.8 Å². The number of benzene rings is 2. The van der Waals surface area contributed by atoms with Crippen LogP contribution in [0.5, 0.6) is 11.5 Å². The molecule has 0 radical (unpaired) electrons. The molecule has 1 aliphatic heterocycles. The number of nitrogens with one attached hydrogen (secondary N) is 1. The lowest BCUT2D eigenvalue weighted by Crippen LogP contribution is -2.20. The van der Waals surface area contributed by atoms with Crippen molar-refractivity contribution in [3.8, 4) is 11.5 Å². The van der Waals surface area contributed by atoms with Crippen molar-refractivity contribution in [3.63, 3.8) is 0 Å². The molecular formula is C19H18N2O3. The Bertz CT molecular complexity index is 773. The minimum atomic E-state index is -0.0300. The number of fused-ring (bicyclic) bond motifs is 1. The number of hydrogen-bond acceptors (Lipinski definition) is 4. The van der Waals surface area contributed by atoms with Gasteiger partial charge in [0.05, 0.1) is 6.21 Å². The zero-order valence-electron chi connectivity index (χ0n) is 13.1. The topological polar surface area (TPSA) is 59.9 Å². The smallest absolute Gasteiger partial charge is 0.243 e. The number of nitrogens with zero attached hydrogens (tertiary/aromatic N) is 1. The van der Waals surface area contributed by atoms with Crippen LogP contribution in [0, 0.1) is 5.92 Å². The first kappa shape index (κ1) is 14.8. The molecule has 1 fully saturated rings. The zero-order valence-corrected chi connectivity index (χ0v) is 13.1. The predicted molar refractivity (Wildman–Crippen MR) is 90.5 cm³/mol. The number of ether oxygens (including phenoxy) is 2. The van der Waals surface area contributed by atoms with Crippen LogP contribution in [0.25, 0.3) is 0 Å². The van der Waals surface area contributed by atoms with Gasteiger partial charge in [-0.25, -0.2) is 5.43 Å². The molecule has 1 aliphatic carbocycles. The van der Waals surface area contributed by atoms with E-state index in [1.165, 1.54) is 5.56 Å². The average molecular weight is 322 g/mol. The van der Waals surface area contributed by atoms with Gasteiger partial charge in [-0.2, -0.15) is 5.10 Å². The standard InChI is InChI=1S/C19H18N2O3/c22-19(16-11-15(16)14-4-2-1-3-5-14)21-20-12-13-6-7-17-18(10-13)24-9-8-23-17/h1-7,10,12,15-16H,8-9,11H2,(H,21,22)/b20-12+/t15-,16+/m0/s1. The predicted octanol–water partition coefficient (Wildman–Crippen LogP) is 2.71. The summed E-state index contributed by atoms with van der Waals surface area (Å²) in [6.07, 6.45) is 2.51. The molecule has 2 atom stereocenters. The summed E-state index contributed by atoms with van der Waals surface area (Å²) in [5, 5.41) is 4.06. The number of amides is 1. The molecule has 1 heterocycles. The van der Waals surface area contributed by atoms with E-state index in [1.807, 2.05) is 36.4 Å². The molecule has 0 unspecified atom stereocenters. The monoisotopic (exact) mass is 322 g/mol. The van der Waals surface area contributed by atoms with E-state index in [0.717, 1.165) is 17.7 Å². The van der Waals surface area contributed by atoms with Crippen molar-refractivity contribution in [2.24, 2.45) is 11.0 Å². The second kappa shape index (κ2) is 6.35. The van der Waals surface area contributed by atoms with Crippen LogP contribution in [-0.4, -0.2) is 25.3 Å². The maximum absolute atomic E-state index is 12.1. The van der Waals surface area contributed by atoms with Crippen LogP contribution in [0.4, 0.5) is 0 Å². The fourth-order valence-corrected chi connectivity index (χ4v) is 2.95. The number of hydrazone groups is 1. The maximum Gasteiger partial charge on any atom is 0.243 e. The van der Waals surface area contributed by atoms with E-state index in [4.69, 9.17) is 9.47 Å². The van der Waals surface area contributed by atoms with E-state index in [0.29, 0.717) is 24.9 Å². The first-order chi connectivity index (χ1) is 11.8. The maximum atomic E-state index is 12.1. The third-order valence-corrected chi connectivity index (χ3v) is 4.31. The molecular weight excluding hydrogens is 304 g/mol. The van der Waals surface area contributed by atoms with Crippen molar-refractivity contribution < 1.29 is 14.3 Å². The Morgan fingerprint density at radius 2 is 1.88 bits per heavy atom. The molecule has 0 bridgehead atoms. The summed E-state index contributed by atoms with van der Waals surface area (Å²) in [5.74, 6) is 1.76. The lowest BCUT2D eigenvalue weighted by Gasteiger charge is -2.18. The van der Waals surface area contributed by atoms with Gasteiger partial charge in [0.2, 0.25) is 5.91 Å². The van der Waals surface area contributed by atoms with Gasteiger partial charge in [0.15, 0.2) is 11.5 Å². The van der Waals surface area contributed by atoms with Crippen molar-refractivity contribution in [2.75, 3.05) is 13.2 Å². The number of carbonyl (C=O) groups is 1. The molecule has 122 valence electrons. The fraction of sp³-hybridized carbons (Fsp3) is 0.263. The molecule has 1 amide bonds. The van der Waals surface area contributed by atoms with Gasteiger partial charge in [-0.15, -0.1) is 0 Å². The number of carbonyl (C=O) groups excluding carboxylic acids is 1. The van der Waals surface area contributed by atoms with Crippen LogP contribution in [-0.2, 0) is 4.79 Å². The number of hydrogen-bond donors (Lipinski definition) is 1. The van der Waals surface area contributed by atoms with Crippen molar-refractivity contribution in [1.29, 1.82) is 0 Å². The highest BCUT2D eigenvalue weighted by Gasteiger charge is 2.43. The lowest BCUT2D eigenvalue weighted by atomic mass is 10.1. The van der Waals surface area contributed by atoms with Gasteiger partial charge in [-0.05, 0) is 41.7 Å². The summed E-state index contributed by atoms with van der Waals surface area (Å²) in [6, 6.07) is 15.7. The molecule has 4 rings (SSSR count). The second-order valence-corrected chi connectivity index (χ2v) is 6.00. The summed E-state index contributed by atoms with van der Waals surface area (Å²) in [4.78, 5) is 12.1. The Hall–Kier alpha value is -2.82. The number of rotatable bonds is 4. The van der Waals surface area contributed by atoms with Crippen LogP contribution in [0.15, 0.2) is 53.6 Å². The van der Waals surface area contributed by atoms with Crippen molar-refractivity contribution >= 4 is 12.1 Å². The van der Waals surface area contributed by atoms with E-state index >= 15 is 0 Å². The summed E-state index contributed by atoms with van der Waals surface area (Å²) >= 11 is 0. The first-order valence-electron chi connectivity index (χ1n) is 8.09. The van der Waals surface area contributed by atoms with E-state index in [2.05, 4.69) is 22.7 Å². The molecule has 5 heteroatoms. The minimum Gasteiger partial charge on any atom is -0.486 e. The molecule has 1 N–H and O–H groups in total. The van der Waals surface area contributed by atoms with Crippen molar-refractivity contribution in [1.82, 2.24) is 5.43 Å². The first-order valence-corrected chi connectivity index (χ1v) is 8.09. The Morgan fingerprint density at radius 1 is 1.08 bits per heavy atom. The van der Waals surface area contributed by atoms with E-state index in [1.54, 1.807) is 6.21 Å². The zero-order chi connectivity index (χ0) is 16.4. The normalized spacial score (nSPS) is 21.5. The van der Waals surface area contributed by atoms with Gasteiger partial charge >= 0.3 is 0 Å². The molecule has 0 spiro atoms. The SMILES string of the molecule is O=C(N/N=C/c1ccc2c(c1)OCCO2)[C@@H]1C[C@H]1c1ccccc1. The van der Waals surface area contributed by atoms with Gasteiger partial charge in [-0.3, -0.25) is 4.79 Å². The molecule has 2 aromatic carbocycles.